The van der Waals surface area contributed by atoms with Gasteiger partial charge in [-0.25, -0.2) is 12.8 Å². The van der Waals surface area contributed by atoms with E-state index in [2.05, 4.69) is 0 Å². The van der Waals surface area contributed by atoms with E-state index < -0.39 is 15.8 Å². The van der Waals surface area contributed by atoms with Crippen molar-refractivity contribution in [1.29, 1.82) is 0 Å². The first kappa shape index (κ1) is 18.2. The van der Waals surface area contributed by atoms with E-state index in [1.165, 1.54) is 4.31 Å². The minimum Gasteiger partial charge on any atom is -0.396 e. The second-order valence-electron chi connectivity index (χ2n) is 5.12. The molecule has 0 aliphatic carbocycles. The lowest BCUT2D eigenvalue weighted by molar-refractivity contribution is 0.271. The molecule has 21 heavy (non-hydrogen) atoms. The van der Waals surface area contributed by atoms with Crippen LogP contribution in [0.1, 0.15) is 13.8 Å². The second-order valence-corrected chi connectivity index (χ2v) is 7.39. The normalized spacial score (nSPS) is 13.9. The first-order valence-electron chi connectivity index (χ1n) is 6.52. The second kappa shape index (κ2) is 6.91. The van der Waals surface area contributed by atoms with Gasteiger partial charge in [0.15, 0.2) is 0 Å². The SMILES string of the molecule is CCN(C(C)CN(C)C)S(=O)(=O)c1cc(N)c(F)cc1Cl. The van der Waals surface area contributed by atoms with E-state index in [-0.39, 0.29) is 28.2 Å². The average Bonchev–Trinajstić information content (AvgIpc) is 2.33. The number of rotatable bonds is 6. The van der Waals surface area contributed by atoms with E-state index in [1.54, 1.807) is 6.92 Å². The van der Waals surface area contributed by atoms with Gasteiger partial charge < -0.3 is 10.6 Å². The van der Waals surface area contributed by atoms with Crippen molar-refractivity contribution in [3.8, 4) is 0 Å². The van der Waals surface area contributed by atoms with Crippen molar-refractivity contribution < 1.29 is 12.8 Å². The molecule has 5 nitrogen and oxygen atoms in total. The molecule has 0 saturated carbocycles. The van der Waals surface area contributed by atoms with E-state index in [0.717, 1.165) is 12.1 Å². The summed E-state index contributed by atoms with van der Waals surface area (Å²) in [6.07, 6.45) is 0. The van der Waals surface area contributed by atoms with E-state index in [0.29, 0.717) is 6.54 Å². The van der Waals surface area contributed by atoms with Gasteiger partial charge in [-0.2, -0.15) is 4.31 Å². The van der Waals surface area contributed by atoms with Crippen LogP contribution in [0.15, 0.2) is 17.0 Å². The minimum absolute atomic E-state index is 0.169. The van der Waals surface area contributed by atoms with Gasteiger partial charge >= 0.3 is 0 Å². The Morgan fingerprint density at radius 3 is 2.43 bits per heavy atom. The monoisotopic (exact) mass is 337 g/mol. The molecule has 2 N–H and O–H groups in total. The summed E-state index contributed by atoms with van der Waals surface area (Å²) in [5, 5.41) is -0.169. The molecule has 1 atom stereocenters. The Morgan fingerprint density at radius 1 is 1.38 bits per heavy atom. The van der Waals surface area contributed by atoms with E-state index in [9.17, 15) is 12.8 Å². The lowest BCUT2D eigenvalue weighted by Crippen LogP contribution is -2.43. The molecular formula is C13H21ClFN3O2S. The maximum Gasteiger partial charge on any atom is 0.244 e. The Bertz CT molecular complexity index is 608. The quantitative estimate of drug-likeness (QED) is 0.806. The van der Waals surface area contributed by atoms with Crippen molar-refractivity contribution in [2.45, 2.75) is 24.8 Å². The molecule has 1 aromatic carbocycles. The Balaban J connectivity index is 3.28. The van der Waals surface area contributed by atoms with Crippen LogP contribution in [-0.4, -0.2) is 50.8 Å². The molecule has 0 bridgehead atoms. The number of sulfonamides is 1. The molecule has 8 heteroatoms. The van der Waals surface area contributed by atoms with Gasteiger partial charge in [0.2, 0.25) is 10.0 Å². The Morgan fingerprint density at radius 2 is 1.95 bits per heavy atom. The highest BCUT2D eigenvalue weighted by molar-refractivity contribution is 7.89. The molecule has 0 heterocycles. The number of anilines is 1. The number of nitrogens with two attached hydrogens (primary N) is 1. The van der Waals surface area contributed by atoms with Gasteiger partial charge in [0.1, 0.15) is 10.7 Å². The van der Waals surface area contributed by atoms with Gasteiger partial charge in [-0.3, -0.25) is 0 Å². The molecule has 0 radical (unpaired) electrons. The smallest absolute Gasteiger partial charge is 0.244 e. The highest BCUT2D eigenvalue weighted by Gasteiger charge is 2.30. The molecule has 0 fully saturated rings. The largest absolute Gasteiger partial charge is 0.396 e. The van der Waals surface area contributed by atoms with Crippen molar-refractivity contribution in [2.75, 3.05) is 32.9 Å². The van der Waals surface area contributed by atoms with Gasteiger partial charge in [0.05, 0.1) is 10.7 Å². The number of halogens is 2. The van der Waals surface area contributed by atoms with Crippen molar-refractivity contribution in [3.05, 3.63) is 23.0 Å². The zero-order valence-corrected chi connectivity index (χ0v) is 14.2. The summed E-state index contributed by atoms with van der Waals surface area (Å²) < 4.78 is 40.1. The van der Waals surface area contributed by atoms with Crippen LogP contribution >= 0.6 is 11.6 Å². The lowest BCUT2D eigenvalue weighted by atomic mass is 10.3. The number of hydrogen-bond acceptors (Lipinski definition) is 4. The third-order valence-corrected chi connectivity index (χ3v) is 5.62. The Hall–Kier alpha value is -0.890. The summed E-state index contributed by atoms with van der Waals surface area (Å²) in [4.78, 5) is 1.72. The molecule has 120 valence electrons. The van der Waals surface area contributed by atoms with Crippen LogP contribution < -0.4 is 5.73 Å². The van der Waals surface area contributed by atoms with Crippen LogP contribution in [0.3, 0.4) is 0 Å². The molecule has 0 spiro atoms. The summed E-state index contributed by atoms with van der Waals surface area (Å²) >= 11 is 5.89. The van der Waals surface area contributed by atoms with E-state index in [1.807, 2.05) is 25.9 Å². The predicted molar refractivity (Wildman–Crippen MR) is 83.4 cm³/mol. The molecule has 0 aliphatic rings. The first-order valence-corrected chi connectivity index (χ1v) is 8.34. The van der Waals surface area contributed by atoms with E-state index in [4.69, 9.17) is 17.3 Å². The van der Waals surface area contributed by atoms with Crippen LogP contribution in [0.2, 0.25) is 5.02 Å². The highest BCUT2D eigenvalue weighted by atomic mass is 35.5. The first-order chi connectivity index (χ1) is 9.61. The molecule has 1 aromatic rings. The molecular weight excluding hydrogens is 317 g/mol. The maximum atomic E-state index is 13.3. The Labute approximate surface area is 130 Å². The van der Waals surface area contributed by atoms with Gasteiger partial charge in [-0.15, -0.1) is 0 Å². The number of nitrogen functional groups attached to an aromatic ring is 1. The Kier molecular flexibility index (Phi) is 5.98. The van der Waals surface area contributed by atoms with Crippen molar-refractivity contribution in [2.24, 2.45) is 0 Å². The lowest BCUT2D eigenvalue weighted by Gasteiger charge is -2.29. The van der Waals surface area contributed by atoms with Gasteiger partial charge in [-0.05, 0) is 33.2 Å². The van der Waals surface area contributed by atoms with Gasteiger partial charge in [0, 0.05) is 19.1 Å². The maximum absolute atomic E-state index is 13.3. The zero-order chi connectivity index (χ0) is 16.4. The summed E-state index contributed by atoms with van der Waals surface area (Å²) in [7, 11) is -0.116. The highest BCUT2D eigenvalue weighted by Crippen LogP contribution is 2.29. The van der Waals surface area contributed by atoms with Crippen LogP contribution in [0.4, 0.5) is 10.1 Å². The number of hydrogen-bond donors (Lipinski definition) is 1. The van der Waals surface area contributed by atoms with Crippen LogP contribution in [0, 0.1) is 5.82 Å². The fraction of sp³-hybridized carbons (Fsp3) is 0.538. The van der Waals surface area contributed by atoms with Crippen molar-refractivity contribution in [3.63, 3.8) is 0 Å². The standard InChI is InChI=1S/C13H21ClFN3O2S/c1-5-18(9(2)8-17(3)4)21(19,20)13-7-12(16)11(15)6-10(13)14/h6-7,9H,5,8,16H2,1-4H3. The summed E-state index contributed by atoms with van der Waals surface area (Å²) in [6, 6.07) is 1.74. The van der Waals surface area contributed by atoms with Crippen LogP contribution in [0.5, 0.6) is 0 Å². The molecule has 0 aromatic heterocycles. The van der Waals surface area contributed by atoms with Gasteiger partial charge in [-0.1, -0.05) is 18.5 Å². The zero-order valence-electron chi connectivity index (χ0n) is 12.6. The molecule has 0 saturated heterocycles. The molecule has 1 unspecified atom stereocenters. The molecule has 1 rings (SSSR count). The predicted octanol–water partition coefficient (Wildman–Crippen LogP) is 2.02. The summed E-state index contributed by atoms with van der Waals surface area (Å²) in [5.74, 6) is -0.733. The molecule has 0 aliphatic heterocycles. The fourth-order valence-electron chi connectivity index (χ4n) is 2.21. The summed E-state index contributed by atoms with van der Waals surface area (Å²) in [5.41, 5.74) is 5.22. The topological polar surface area (TPSA) is 66.6 Å². The van der Waals surface area contributed by atoms with E-state index >= 15 is 0 Å². The summed E-state index contributed by atoms with van der Waals surface area (Å²) in [6.45, 7) is 4.39. The minimum atomic E-state index is -3.84. The average molecular weight is 338 g/mol. The fourth-order valence-corrected chi connectivity index (χ4v) is 4.36. The van der Waals surface area contributed by atoms with Gasteiger partial charge in [0.25, 0.3) is 0 Å². The number of likely N-dealkylation sites (N-methyl/N-ethyl adjacent to an activating group) is 2. The number of benzene rings is 1. The third-order valence-electron chi connectivity index (χ3n) is 3.07. The molecule has 0 amide bonds. The number of nitrogens with zero attached hydrogens (tertiary/aromatic N) is 2. The van der Waals surface area contributed by atoms with Crippen molar-refractivity contribution in [1.82, 2.24) is 9.21 Å². The van der Waals surface area contributed by atoms with Crippen molar-refractivity contribution >= 4 is 27.3 Å². The van der Waals surface area contributed by atoms with Crippen LogP contribution in [-0.2, 0) is 10.0 Å². The third kappa shape index (κ3) is 4.06. The van der Waals surface area contributed by atoms with Crippen LogP contribution in [0.25, 0.3) is 0 Å².